The van der Waals surface area contributed by atoms with Gasteiger partial charge in [-0.3, -0.25) is 9.59 Å². The third-order valence-electron chi connectivity index (χ3n) is 9.87. The number of hydrogen-bond acceptors (Lipinski definition) is 4. The number of hydrogen-bond donors (Lipinski definition) is 1. The van der Waals surface area contributed by atoms with E-state index >= 15 is 0 Å². The highest BCUT2D eigenvalue weighted by molar-refractivity contribution is 6.14. The summed E-state index contributed by atoms with van der Waals surface area (Å²) >= 11 is 5.78. The van der Waals surface area contributed by atoms with Gasteiger partial charge < -0.3 is 4.74 Å². The maximum absolute atomic E-state index is 12.6. The van der Waals surface area contributed by atoms with Gasteiger partial charge in [-0.15, -0.1) is 0 Å². The van der Waals surface area contributed by atoms with E-state index in [1.165, 1.54) is 31.3 Å². The number of ether oxygens (including phenoxy) is 1. The maximum atomic E-state index is 12.6. The molecule has 5 heteroatoms. The van der Waals surface area contributed by atoms with E-state index in [9.17, 15) is 9.59 Å². The van der Waals surface area contributed by atoms with Crippen LogP contribution in [0.25, 0.3) is 0 Å². The molecule has 0 spiro atoms. The van der Waals surface area contributed by atoms with Crippen LogP contribution in [-0.2, 0) is 14.3 Å². The van der Waals surface area contributed by atoms with E-state index in [2.05, 4.69) is 24.8 Å². The molecule has 0 saturated heterocycles. The summed E-state index contributed by atoms with van der Waals surface area (Å²) in [5, 5.41) is 0. The highest BCUT2D eigenvalue weighted by Crippen LogP contribution is 2.66. The van der Waals surface area contributed by atoms with Crippen LogP contribution < -0.4 is 4.84 Å². The first-order chi connectivity index (χ1) is 14.6. The molecular formula is C26H40ClNO3. The predicted molar refractivity (Wildman–Crippen MR) is 123 cm³/mol. The molecule has 0 heterocycles. The van der Waals surface area contributed by atoms with Crippen molar-refractivity contribution in [3.8, 4) is 0 Å². The molecule has 4 rings (SSSR count). The number of halogens is 1. The minimum Gasteiger partial charge on any atom is -0.457 e. The topological polar surface area (TPSA) is 55.4 Å². The standard InChI is InChI=1S/C26H40ClNO3/c1-15(2)23(28-27)24(30)31-18-10-12-25(4)17(14-18)6-7-19-21-9-8-20(16(3)29)26(21,5)13-11-22(19)25/h14-15,18-23,28H,6-13H2,1-5H3/t18-,19?,20+,21?,22?,23-,25-,26+/m0/s1. The molecule has 0 aliphatic heterocycles. The smallest absolute Gasteiger partial charge is 0.325 e. The van der Waals surface area contributed by atoms with E-state index < -0.39 is 6.04 Å². The normalized spacial score (nSPS) is 42.8. The number of fused-ring (bicyclic) bond motifs is 5. The number of carbonyl (C=O) groups excluding carboxylic acids is 2. The lowest BCUT2D eigenvalue weighted by Crippen LogP contribution is -2.51. The summed E-state index contributed by atoms with van der Waals surface area (Å²) in [5.74, 6) is 2.62. The summed E-state index contributed by atoms with van der Waals surface area (Å²) in [6, 6.07) is -0.475. The minimum atomic E-state index is -0.475. The van der Waals surface area contributed by atoms with Crippen molar-refractivity contribution in [3.63, 3.8) is 0 Å². The van der Waals surface area contributed by atoms with Crippen LogP contribution in [0.15, 0.2) is 11.6 Å². The molecule has 0 aromatic rings. The molecular weight excluding hydrogens is 410 g/mol. The summed E-state index contributed by atoms with van der Waals surface area (Å²) in [4.78, 5) is 27.5. The molecule has 0 bridgehead atoms. The zero-order valence-corrected chi connectivity index (χ0v) is 20.6. The molecule has 8 atom stereocenters. The van der Waals surface area contributed by atoms with E-state index in [0.717, 1.165) is 31.6 Å². The third kappa shape index (κ3) is 3.80. The van der Waals surface area contributed by atoms with E-state index in [-0.39, 0.29) is 34.7 Å². The zero-order valence-electron chi connectivity index (χ0n) is 19.9. The molecule has 4 aliphatic carbocycles. The zero-order chi connectivity index (χ0) is 22.6. The number of nitrogens with one attached hydrogen (secondary N) is 1. The first-order valence-electron chi connectivity index (χ1n) is 12.4. The van der Waals surface area contributed by atoms with Crippen molar-refractivity contribution in [1.29, 1.82) is 0 Å². The first-order valence-corrected chi connectivity index (χ1v) is 12.8. The Kier molecular flexibility index (Phi) is 6.37. The Bertz CT molecular complexity index is 764. The number of esters is 1. The van der Waals surface area contributed by atoms with E-state index in [4.69, 9.17) is 16.5 Å². The molecule has 0 radical (unpaired) electrons. The van der Waals surface area contributed by atoms with Crippen molar-refractivity contribution >= 4 is 23.5 Å². The molecule has 0 aromatic carbocycles. The fourth-order valence-electron chi connectivity index (χ4n) is 8.12. The second-order valence-corrected chi connectivity index (χ2v) is 11.9. The van der Waals surface area contributed by atoms with E-state index in [1.54, 1.807) is 6.92 Å². The van der Waals surface area contributed by atoms with Crippen molar-refractivity contribution in [2.24, 2.45) is 40.4 Å². The van der Waals surface area contributed by atoms with Gasteiger partial charge in [0.1, 0.15) is 17.9 Å². The Balaban J connectivity index is 1.50. The molecule has 1 N–H and O–H groups in total. The Morgan fingerprint density at radius 3 is 2.48 bits per heavy atom. The van der Waals surface area contributed by atoms with Gasteiger partial charge in [0.05, 0.1) is 0 Å². The SMILES string of the molecule is CC(=O)[C@H]1CCC2C3CCC4=C[C@@H](OC(=O)[C@@H](NCl)C(C)C)CC[C@]4(C)C3CC[C@@]21C. The van der Waals surface area contributed by atoms with Crippen LogP contribution in [0.2, 0.25) is 0 Å². The number of carbonyl (C=O) groups is 2. The Morgan fingerprint density at radius 1 is 1.10 bits per heavy atom. The molecule has 3 saturated carbocycles. The van der Waals surface area contributed by atoms with Crippen molar-refractivity contribution < 1.29 is 14.3 Å². The summed E-state index contributed by atoms with van der Waals surface area (Å²) in [6.45, 7) is 10.6. The first kappa shape index (κ1) is 23.3. The van der Waals surface area contributed by atoms with Gasteiger partial charge in [-0.25, -0.2) is 4.84 Å². The molecule has 3 unspecified atom stereocenters. The van der Waals surface area contributed by atoms with Crippen molar-refractivity contribution in [1.82, 2.24) is 4.84 Å². The molecule has 31 heavy (non-hydrogen) atoms. The van der Waals surface area contributed by atoms with Crippen LogP contribution in [0, 0.1) is 40.4 Å². The van der Waals surface area contributed by atoms with Crippen LogP contribution in [0.5, 0.6) is 0 Å². The van der Waals surface area contributed by atoms with Crippen molar-refractivity contribution in [3.05, 3.63) is 11.6 Å². The summed E-state index contributed by atoms with van der Waals surface area (Å²) in [7, 11) is 0. The third-order valence-corrected chi connectivity index (χ3v) is 10.1. The highest BCUT2D eigenvalue weighted by Gasteiger charge is 2.59. The number of Topliss-reactive ketones (excluding diaryl/α,β-unsaturated/α-hetero) is 1. The van der Waals surface area contributed by atoms with Gasteiger partial charge in [0.15, 0.2) is 0 Å². The molecule has 4 nitrogen and oxygen atoms in total. The van der Waals surface area contributed by atoms with Crippen LogP contribution >= 0.6 is 11.8 Å². The van der Waals surface area contributed by atoms with Gasteiger partial charge in [-0.1, -0.05) is 33.3 Å². The van der Waals surface area contributed by atoms with Gasteiger partial charge in [0.25, 0.3) is 0 Å². The van der Waals surface area contributed by atoms with Gasteiger partial charge in [0, 0.05) is 5.92 Å². The van der Waals surface area contributed by atoms with Crippen LogP contribution in [-0.4, -0.2) is 23.9 Å². The Hall–Kier alpha value is -0.870. The molecule has 4 aliphatic rings. The Labute approximate surface area is 193 Å². The highest BCUT2D eigenvalue weighted by atomic mass is 35.5. The second kappa shape index (κ2) is 8.48. The quantitative estimate of drug-likeness (QED) is 0.325. The van der Waals surface area contributed by atoms with Crippen molar-refractivity contribution in [2.45, 2.75) is 98.1 Å². The van der Waals surface area contributed by atoms with Gasteiger partial charge in [-0.2, -0.15) is 0 Å². The fraction of sp³-hybridized carbons (Fsp3) is 0.846. The summed E-state index contributed by atoms with van der Waals surface area (Å²) in [6.07, 6.45) is 11.1. The number of ketones is 1. The van der Waals surface area contributed by atoms with Gasteiger partial charge in [0.2, 0.25) is 0 Å². The van der Waals surface area contributed by atoms with Gasteiger partial charge in [-0.05, 0) is 111 Å². The second-order valence-electron chi connectivity index (χ2n) is 11.7. The monoisotopic (exact) mass is 449 g/mol. The summed E-state index contributed by atoms with van der Waals surface area (Å²) < 4.78 is 5.86. The lowest BCUT2D eigenvalue weighted by molar-refractivity contribution is -0.151. The molecule has 0 aromatic heterocycles. The van der Waals surface area contributed by atoms with Crippen molar-refractivity contribution in [2.75, 3.05) is 0 Å². The molecule has 3 fully saturated rings. The van der Waals surface area contributed by atoms with Gasteiger partial charge >= 0.3 is 5.97 Å². The van der Waals surface area contributed by atoms with Crippen LogP contribution in [0.3, 0.4) is 0 Å². The fourth-order valence-corrected chi connectivity index (χ4v) is 8.46. The lowest BCUT2D eigenvalue weighted by Gasteiger charge is -2.58. The van der Waals surface area contributed by atoms with E-state index in [0.29, 0.717) is 17.6 Å². The predicted octanol–water partition coefficient (Wildman–Crippen LogP) is 5.83. The van der Waals surface area contributed by atoms with Crippen LogP contribution in [0.1, 0.15) is 86.0 Å². The maximum Gasteiger partial charge on any atom is 0.325 e. The number of rotatable bonds is 5. The lowest BCUT2D eigenvalue weighted by atomic mass is 9.46. The average molecular weight is 450 g/mol. The van der Waals surface area contributed by atoms with E-state index in [1.807, 2.05) is 13.8 Å². The molecule has 0 amide bonds. The number of allylic oxidation sites excluding steroid dienone is 1. The summed E-state index contributed by atoms with van der Waals surface area (Å²) in [5.41, 5.74) is 1.92. The average Bonchev–Trinajstić information content (AvgIpc) is 3.06. The largest absolute Gasteiger partial charge is 0.457 e. The minimum absolute atomic E-state index is 0.0868. The van der Waals surface area contributed by atoms with Crippen LogP contribution in [0.4, 0.5) is 0 Å². The molecule has 174 valence electrons. The Morgan fingerprint density at radius 2 is 1.84 bits per heavy atom.